The molecule has 0 amide bonds. The Kier molecular flexibility index (Phi) is 4.56. The van der Waals surface area contributed by atoms with Gasteiger partial charge in [0.25, 0.3) is 0 Å². The molecule has 1 aliphatic rings. The van der Waals surface area contributed by atoms with E-state index in [1.54, 1.807) is 0 Å². The van der Waals surface area contributed by atoms with Crippen molar-refractivity contribution in [1.82, 2.24) is 9.71 Å². The van der Waals surface area contributed by atoms with Gasteiger partial charge in [0, 0.05) is 17.6 Å². The Labute approximate surface area is 125 Å². The Balaban J connectivity index is 2.16. The van der Waals surface area contributed by atoms with Crippen molar-refractivity contribution in [3.63, 3.8) is 0 Å². The minimum absolute atomic E-state index is 0.208. The van der Waals surface area contributed by atoms with E-state index < -0.39 is 28.0 Å². The molecule has 0 saturated heterocycles. The summed E-state index contributed by atoms with van der Waals surface area (Å²) in [5, 5.41) is 0. The lowest BCUT2D eigenvalue weighted by molar-refractivity contribution is -0.141. The van der Waals surface area contributed by atoms with E-state index >= 15 is 0 Å². The maximum Gasteiger partial charge on any atom is 0.433 e. The first-order valence-electron chi connectivity index (χ1n) is 6.80. The molecule has 1 aromatic heterocycles. The minimum Gasteiger partial charge on any atom is -0.598 e. The van der Waals surface area contributed by atoms with Crippen molar-refractivity contribution in [2.24, 2.45) is 5.92 Å². The standard InChI is InChI=1S/C14H19F3N2OS/c1-13(2,3)21(20)19-12(9-4-5-9)10-6-7-11(18-8-10)14(15,16)17/h6-9,12,19H,4-5H2,1-3H3/t12-,21+/m0/s1. The molecule has 2 rings (SSSR count). The van der Waals surface area contributed by atoms with Gasteiger partial charge in [-0.3, -0.25) is 4.98 Å². The van der Waals surface area contributed by atoms with Gasteiger partial charge in [-0.15, -0.1) is 4.72 Å². The monoisotopic (exact) mass is 320 g/mol. The number of hydrogen-bond donors (Lipinski definition) is 1. The first-order valence-corrected chi connectivity index (χ1v) is 7.95. The van der Waals surface area contributed by atoms with E-state index in [1.807, 2.05) is 20.8 Å². The van der Waals surface area contributed by atoms with Crippen LogP contribution in [0.25, 0.3) is 0 Å². The fraction of sp³-hybridized carbons (Fsp3) is 0.643. The van der Waals surface area contributed by atoms with Gasteiger partial charge in [-0.05, 0) is 51.2 Å². The smallest absolute Gasteiger partial charge is 0.433 e. The van der Waals surface area contributed by atoms with E-state index in [0.29, 0.717) is 11.5 Å². The summed E-state index contributed by atoms with van der Waals surface area (Å²) < 4.78 is 52.4. The molecule has 2 atom stereocenters. The number of nitrogens with one attached hydrogen (secondary N) is 1. The fourth-order valence-corrected chi connectivity index (χ4v) is 2.83. The van der Waals surface area contributed by atoms with Gasteiger partial charge >= 0.3 is 6.18 Å². The van der Waals surface area contributed by atoms with Crippen LogP contribution in [0.5, 0.6) is 0 Å². The van der Waals surface area contributed by atoms with Gasteiger partial charge in [-0.2, -0.15) is 13.2 Å². The zero-order chi connectivity index (χ0) is 15.8. The molecule has 0 bridgehead atoms. The van der Waals surface area contributed by atoms with Gasteiger partial charge in [0.05, 0.1) is 6.04 Å². The van der Waals surface area contributed by atoms with Crippen LogP contribution in [0.3, 0.4) is 0 Å². The Morgan fingerprint density at radius 1 is 1.29 bits per heavy atom. The Morgan fingerprint density at radius 2 is 1.90 bits per heavy atom. The van der Waals surface area contributed by atoms with Crippen molar-refractivity contribution in [2.45, 2.75) is 50.6 Å². The molecule has 0 unspecified atom stereocenters. The molecule has 3 nitrogen and oxygen atoms in total. The van der Waals surface area contributed by atoms with Crippen molar-refractivity contribution in [3.05, 3.63) is 29.6 Å². The van der Waals surface area contributed by atoms with Crippen molar-refractivity contribution in [3.8, 4) is 0 Å². The van der Waals surface area contributed by atoms with Gasteiger partial charge < -0.3 is 4.55 Å². The van der Waals surface area contributed by atoms with Gasteiger partial charge in [0.1, 0.15) is 10.4 Å². The molecular formula is C14H19F3N2OS. The van der Waals surface area contributed by atoms with E-state index in [2.05, 4.69) is 9.71 Å². The van der Waals surface area contributed by atoms with Crippen LogP contribution in [0.15, 0.2) is 18.3 Å². The molecule has 1 fully saturated rings. The molecule has 118 valence electrons. The molecule has 0 aliphatic heterocycles. The highest BCUT2D eigenvalue weighted by molar-refractivity contribution is 7.90. The quantitative estimate of drug-likeness (QED) is 0.862. The zero-order valence-electron chi connectivity index (χ0n) is 12.2. The molecule has 0 aromatic carbocycles. The highest BCUT2D eigenvalue weighted by Gasteiger charge is 2.39. The summed E-state index contributed by atoms with van der Waals surface area (Å²) in [5.41, 5.74) is -0.249. The Morgan fingerprint density at radius 3 is 2.29 bits per heavy atom. The summed E-state index contributed by atoms with van der Waals surface area (Å²) >= 11 is -1.27. The number of nitrogens with zero attached hydrogens (tertiary/aromatic N) is 1. The van der Waals surface area contributed by atoms with Crippen LogP contribution < -0.4 is 4.72 Å². The Bertz CT molecular complexity index is 480. The van der Waals surface area contributed by atoms with E-state index in [-0.39, 0.29) is 6.04 Å². The summed E-state index contributed by atoms with van der Waals surface area (Å²) in [6, 6.07) is 2.19. The van der Waals surface area contributed by atoms with Crippen LogP contribution in [-0.4, -0.2) is 14.3 Å². The number of aromatic nitrogens is 1. The Hall–Kier alpha value is -0.790. The van der Waals surface area contributed by atoms with E-state index in [1.165, 1.54) is 12.3 Å². The number of rotatable bonds is 4. The first-order chi connectivity index (χ1) is 9.59. The largest absolute Gasteiger partial charge is 0.598 e. The topological polar surface area (TPSA) is 48.0 Å². The molecule has 1 saturated carbocycles. The van der Waals surface area contributed by atoms with Gasteiger partial charge in [-0.25, -0.2) is 0 Å². The summed E-state index contributed by atoms with van der Waals surface area (Å²) in [4.78, 5) is 3.49. The van der Waals surface area contributed by atoms with Crippen LogP contribution >= 0.6 is 0 Å². The average Bonchev–Trinajstić information content (AvgIpc) is 3.17. The van der Waals surface area contributed by atoms with E-state index in [9.17, 15) is 17.7 Å². The summed E-state index contributed by atoms with van der Waals surface area (Å²) in [6.45, 7) is 5.56. The van der Waals surface area contributed by atoms with Crippen molar-refractivity contribution in [1.29, 1.82) is 0 Å². The van der Waals surface area contributed by atoms with Crippen LogP contribution in [0.1, 0.15) is 50.9 Å². The van der Waals surface area contributed by atoms with Crippen molar-refractivity contribution < 1.29 is 17.7 Å². The number of halogens is 3. The van der Waals surface area contributed by atoms with Crippen LogP contribution in [-0.2, 0) is 17.5 Å². The number of alkyl halides is 3. The third-order valence-corrected chi connectivity index (χ3v) is 4.90. The second kappa shape index (κ2) is 5.78. The molecule has 0 spiro atoms. The normalized spacial score (nSPS) is 19.4. The van der Waals surface area contributed by atoms with Gasteiger partial charge in [0.15, 0.2) is 0 Å². The lowest BCUT2D eigenvalue weighted by Crippen LogP contribution is -2.41. The fourth-order valence-electron chi connectivity index (χ4n) is 1.92. The lowest BCUT2D eigenvalue weighted by Gasteiger charge is -2.28. The predicted molar refractivity (Wildman–Crippen MR) is 75.7 cm³/mol. The maximum atomic E-state index is 12.5. The highest BCUT2D eigenvalue weighted by atomic mass is 32.2. The second-order valence-electron chi connectivity index (χ2n) is 6.29. The molecular weight excluding hydrogens is 301 g/mol. The predicted octanol–water partition coefficient (Wildman–Crippen LogP) is 3.60. The van der Waals surface area contributed by atoms with Crippen LogP contribution in [0.2, 0.25) is 0 Å². The lowest BCUT2D eigenvalue weighted by atomic mass is 10.1. The molecule has 1 aliphatic carbocycles. The molecule has 7 heteroatoms. The third-order valence-electron chi connectivity index (χ3n) is 3.32. The highest BCUT2D eigenvalue weighted by Crippen LogP contribution is 2.42. The van der Waals surface area contributed by atoms with Crippen molar-refractivity contribution >= 4 is 11.4 Å². The average molecular weight is 320 g/mol. The molecule has 1 heterocycles. The molecule has 21 heavy (non-hydrogen) atoms. The van der Waals surface area contributed by atoms with Crippen LogP contribution in [0.4, 0.5) is 13.2 Å². The SMILES string of the molecule is CC(C)(C)[S@@+]([O-])N[C@H](c1ccc(C(F)(F)F)nc1)C1CC1. The molecule has 1 N–H and O–H groups in total. The van der Waals surface area contributed by atoms with Gasteiger partial charge in [0.2, 0.25) is 0 Å². The van der Waals surface area contributed by atoms with E-state index in [4.69, 9.17) is 0 Å². The zero-order valence-corrected chi connectivity index (χ0v) is 13.0. The second-order valence-corrected chi connectivity index (χ2v) is 8.29. The molecule has 1 aromatic rings. The van der Waals surface area contributed by atoms with Crippen molar-refractivity contribution in [2.75, 3.05) is 0 Å². The summed E-state index contributed by atoms with van der Waals surface area (Å²) in [6.07, 6.45) is -1.23. The van der Waals surface area contributed by atoms with Gasteiger partial charge in [-0.1, -0.05) is 6.07 Å². The number of pyridine rings is 1. The van der Waals surface area contributed by atoms with Crippen LogP contribution in [0, 0.1) is 5.92 Å². The van der Waals surface area contributed by atoms with E-state index in [0.717, 1.165) is 18.9 Å². The number of hydrogen-bond acceptors (Lipinski definition) is 3. The summed E-state index contributed by atoms with van der Waals surface area (Å²) in [5.74, 6) is 0.315. The summed E-state index contributed by atoms with van der Waals surface area (Å²) in [7, 11) is 0. The maximum absolute atomic E-state index is 12.5. The first kappa shape index (κ1) is 16.6. The third kappa shape index (κ3) is 4.34. The molecule has 0 radical (unpaired) electrons. The minimum atomic E-state index is -4.44.